The van der Waals surface area contributed by atoms with Gasteiger partial charge in [-0.05, 0) is 18.6 Å². The van der Waals surface area contributed by atoms with Crippen LogP contribution in [0.1, 0.15) is 5.56 Å². The number of anilines is 1. The minimum Gasteiger partial charge on any atom is -0.433 e. The molecule has 0 heterocycles. The van der Waals surface area contributed by atoms with E-state index in [-0.39, 0.29) is 24.6 Å². The van der Waals surface area contributed by atoms with E-state index in [1.54, 1.807) is 19.1 Å². The van der Waals surface area contributed by atoms with Gasteiger partial charge in [-0.25, -0.2) is 4.79 Å². The summed E-state index contributed by atoms with van der Waals surface area (Å²) in [7, 11) is 1.48. The van der Waals surface area contributed by atoms with Crippen molar-refractivity contribution in [1.82, 2.24) is 4.90 Å². The highest BCUT2D eigenvalue weighted by Gasteiger charge is 2.15. The van der Waals surface area contributed by atoms with Crippen molar-refractivity contribution < 1.29 is 23.4 Å². The van der Waals surface area contributed by atoms with E-state index >= 15 is 0 Å². The number of carbonyl (C=O) groups is 1. The summed E-state index contributed by atoms with van der Waals surface area (Å²) in [6.45, 7) is -1.34. The van der Waals surface area contributed by atoms with Crippen molar-refractivity contribution in [2.45, 2.75) is 13.5 Å². The number of ether oxygens (including phenoxy) is 1. The number of nitrogens with zero attached hydrogens (tertiary/aromatic N) is 1. The van der Waals surface area contributed by atoms with Crippen LogP contribution >= 0.6 is 0 Å². The molecule has 106 valence electrons. The number of halogens is 2. The Kier molecular flexibility index (Phi) is 5.50. The molecule has 2 N–H and O–H groups in total. The van der Waals surface area contributed by atoms with Gasteiger partial charge in [0.1, 0.15) is 5.75 Å². The Balaban J connectivity index is 2.89. The van der Waals surface area contributed by atoms with Crippen molar-refractivity contribution in [2.24, 2.45) is 0 Å². The van der Waals surface area contributed by atoms with E-state index in [0.29, 0.717) is 5.56 Å². The first-order valence-electron chi connectivity index (χ1n) is 5.63. The predicted molar refractivity (Wildman–Crippen MR) is 66.5 cm³/mol. The van der Waals surface area contributed by atoms with Gasteiger partial charge in [-0.2, -0.15) is 8.78 Å². The van der Waals surface area contributed by atoms with Crippen LogP contribution in [0.25, 0.3) is 0 Å². The third kappa shape index (κ3) is 4.36. The standard InChI is InChI=1S/C12H16F2N2O3/c1-8-4-3-5-9(19-11(13)14)10(8)15-12(18)16(2)6-7-17/h3-5,11,17H,6-7H2,1-2H3,(H,15,18). The van der Waals surface area contributed by atoms with Crippen molar-refractivity contribution in [3.05, 3.63) is 23.8 Å². The number of carbonyl (C=O) groups excluding carboxylic acids is 1. The molecule has 0 aliphatic heterocycles. The number of hydrogen-bond donors (Lipinski definition) is 2. The molecule has 0 saturated heterocycles. The number of para-hydroxylation sites is 1. The third-order valence-corrected chi connectivity index (χ3v) is 2.46. The zero-order valence-electron chi connectivity index (χ0n) is 10.7. The molecule has 0 spiro atoms. The normalized spacial score (nSPS) is 10.4. The van der Waals surface area contributed by atoms with Gasteiger partial charge < -0.3 is 20.1 Å². The molecular weight excluding hydrogens is 258 g/mol. The molecule has 1 aromatic carbocycles. The molecule has 2 amide bonds. The lowest BCUT2D eigenvalue weighted by molar-refractivity contribution is -0.0493. The molecule has 1 aromatic rings. The van der Waals surface area contributed by atoms with Crippen LogP contribution in [0, 0.1) is 6.92 Å². The number of aliphatic hydroxyl groups is 1. The van der Waals surface area contributed by atoms with Crippen LogP contribution in [0.3, 0.4) is 0 Å². The summed E-state index contributed by atoms with van der Waals surface area (Å²) in [5.41, 5.74) is 0.793. The van der Waals surface area contributed by atoms with Crippen LogP contribution in [0.5, 0.6) is 5.75 Å². The number of urea groups is 1. The van der Waals surface area contributed by atoms with Crippen molar-refractivity contribution in [3.63, 3.8) is 0 Å². The van der Waals surface area contributed by atoms with E-state index in [1.165, 1.54) is 18.0 Å². The second-order valence-electron chi connectivity index (χ2n) is 3.90. The monoisotopic (exact) mass is 274 g/mol. The van der Waals surface area contributed by atoms with Crippen molar-refractivity contribution in [3.8, 4) is 5.75 Å². The molecule has 0 atom stereocenters. The Labute approximate surface area is 109 Å². The maximum Gasteiger partial charge on any atom is 0.387 e. The highest BCUT2D eigenvalue weighted by molar-refractivity contribution is 5.91. The number of nitrogens with one attached hydrogen (secondary N) is 1. The summed E-state index contributed by atoms with van der Waals surface area (Å²) >= 11 is 0. The first-order chi connectivity index (χ1) is 8.95. The number of aryl methyl sites for hydroxylation is 1. The zero-order valence-corrected chi connectivity index (χ0v) is 10.7. The van der Waals surface area contributed by atoms with Crippen molar-refractivity contribution in [1.29, 1.82) is 0 Å². The fraction of sp³-hybridized carbons (Fsp3) is 0.417. The van der Waals surface area contributed by atoms with Crippen LogP contribution in [-0.4, -0.2) is 42.8 Å². The lowest BCUT2D eigenvalue weighted by Crippen LogP contribution is -2.33. The Morgan fingerprint density at radius 1 is 1.53 bits per heavy atom. The lowest BCUT2D eigenvalue weighted by atomic mass is 10.2. The highest BCUT2D eigenvalue weighted by atomic mass is 19.3. The third-order valence-electron chi connectivity index (χ3n) is 2.46. The molecule has 0 saturated carbocycles. The number of hydrogen-bond acceptors (Lipinski definition) is 3. The second-order valence-corrected chi connectivity index (χ2v) is 3.90. The molecule has 0 aliphatic carbocycles. The van der Waals surface area contributed by atoms with Crippen molar-refractivity contribution in [2.75, 3.05) is 25.5 Å². The van der Waals surface area contributed by atoms with E-state index in [4.69, 9.17) is 5.11 Å². The topological polar surface area (TPSA) is 61.8 Å². The van der Waals surface area contributed by atoms with Crippen LogP contribution in [0.4, 0.5) is 19.3 Å². The molecule has 5 nitrogen and oxygen atoms in total. The number of rotatable bonds is 5. The Morgan fingerprint density at radius 2 is 2.21 bits per heavy atom. The number of benzene rings is 1. The highest BCUT2D eigenvalue weighted by Crippen LogP contribution is 2.29. The summed E-state index contributed by atoms with van der Waals surface area (Å²) in [4.78, 5) is 13.0. The quantitative estimate of drug-likeness (QED) is 0.864. The minimum absolute atomic E-state index is 0.0965. The SMILES string of the molecule is Cc1cccc(OC(F)F)c1NC(=O)N(C)CCO. The maximum absolute atomic E-state index is 12.3. The smallest absolute Gasteiger partial charge is 0.387 e. The molecule has 0 aliphatic rings. The van der Waals surface area contributed by atoms with Gasteiger partial charge in [0.2, 0.25) is 0 Å². The molecule has 0 bridgehead atoms. The minimum atomic E-state index is -2.97. The summed E-state index contributed by atoms with van der Waals surface area (Å²) in [6, 6.07) is 4.06. The summed E-state index contributed by atoms with van der Waals surface area (Å²) in [5, 5.41) is 11.2. The average Bonchev–Trinajstić information content (AvgIpc) is 2.33. The van der Waals surface area contributed by atoms with Crippen LogP contribution in [-0.2, 0) is 0 Å². The van der Waals surface area contributed by atoms with Gasteiger partial charge in [-0.15, -0.1) is 0 Å². The first-order valence-corrected chi connectivity index (χ1v) is 5.63. The van der Waals surface area contributed by atoms with Gasteiger partial charge in [-0.1, -0.05) is 12.1 Å². The van der Waals surface area contributed by atoms with Gasteiger partial charge in [0.25, 0.3) is 0 Å². The molecule has 1 rings (SSSR count). The summed E-state index contributed by atoms with van der Waals surface area (Å²) in [5.74, 6) is -0.0965. The van der Waals surface area contributed by atoms with E-state index in [1.807, 2.05) is 0 Å². The fourth-order valence-corrected chi connectivity index (χ4v) is 1.45. The Bertz CT molecular complexity index is 441. The zero-order chi connectivity index (χ0) is 14.4. The number of aliphatic hydroxyl groups excluding tert-OH is 1. The first kappa shape index (κ1) is 15.2. The molecule has 0 fully saturated rings. The number of amides is 2. The van der Waals surface area contributed by atoms with E-state index in [0.717, 1.165) is 0 Å². The molecule has 19 heavy (non-hydrogen) atoms. The van der Waals surface area contributed by atoms with E-state index in [2.05, 4.69) is 10.1 Å². The lowest BCUT2D eigenvalue weighted by Gasteiger charge is -2.19. The predicted octanol–water partition coefficient (Wildman–Crippen LogP) is 2.05. The van der Waals surface area contributed by atoms with Gasteiger partial charge in [0.05, 0.1) is 12.3 Å². The van der Waals surface area contributed by atoms with Gasteiger partial charge in [0, 0.05) is 13.6 Å². The van der Waals surface area contributed by atoms with Crippen LogP contribution < -0.4 is 10.1 Å². The summed E-state index contributed by atoms with van der Waals surface area (Å²) in [6.07, 6.45) is 0. The van der Waals surface area contributed by atoms with Gasteiger partial charge in [0.15, 0.2) is 0 Å². The molecule has 0 unspecified atom stereocenters. The molecule has 0 radical (unpaired) electrons. The maximum atomic E-state index is 12.3. The molecule has 0 aromatic heterocycles. The van der Waals surface area contributed by atoms with E-state index in [9.17, 15) is 13.6 Å². The Hall–Kier alpha value is -1.89. The van der Waals surface area contributed by atoms with Gasteiger partial charge >= 0.3 is 12.6 Å². The van der Waals surface area contributed by atoms with Crippen molar-refractivity contribution >= 4 is 11.7 Å². The number of alkyl halides is 2. The molecular formula is C12H16F2N2O3. The fourth-order valence-electron chi connectivity index (χ4n) is 1.45. The molecule has 7 heteroatoms. The average molecular weight is 274 g/mol. The number of likely N-dealkylation sites (N-methyl/N-ethyl adjacent to an activating group) is 1. The Morgan fingerprint density at radius 3 is 2.79 bits per heavy atom. The summed E-state index contributed by atoms with van der Waals surface area (Å²) < 4.78 is 28.9. The van der Waals surface area contributed by atoms with Crippen LogP contribution in [0.15, 0.2) is 18.2 Å². The van der Waals surface area contributed by atoms with E-state index < -0.39 is 12.6 Å². The van der Waals surface area contributed by atoms with Gasteiger partial charge in [-0.3, -0.25) is 0 Å². The largest absolute Gasteiger partial charge is 0.433 e. The second kappa shape index (κ2) is 6.89. The van der Waals surface area contributed by atoms with Crippen LogP contribution in [0.2, 0.25) is 0 Å².